The van der Waals surface area contributed by atoms with E-state index in [1.54, 1.807) is 6.92 Å². The van der Waals surface area contributed by atoms with Crippen LogP contribution in [0.4, 0.5) is 38.0 Å². The highest BCUT2D eigenvalue weighted by Gasteiger charge is 2.39. The van der Waals surface area contributed by atoms with Crippen LogP contribution in [0.1, 0.15) is 22.8 Å². The summed E-state index contributed by atoms with van der Waals surface area (Å²) in [5.74, 6) is -4.76. The van der Waals surface area contributed by atoms with Crippen LogP contribution in [0, 0.1) is 24.4 Å². The van der Waals surface area contributed by atoms with Gasteiger partial charge < -0.3 is 10.4 Å². The molecule has 12 heteroatoms. The molecular formula is C19H14F6N4O2. The Hall–Kier alpha value is -3.41. The molecule has 164 valence electrons. The molecule has 0 bridgehead atoms. The molecule has 1 aromatic heterocycles. The summed E-state index contributed by atoms with van der Waals surface area (Å²) >= 11 is 0. The van der Waals surface area contributed by atoms with Gasteiger partial charge in [0.05, 0.1) is 6.54 Å². The molecular weight excluding hydrogens is 430 g/mol. The van der Waals surface area contributed by atoms with E-state index in [9.17, 15) is 36.2 Å². The van der Waals surface area contributed by atoms with Crippen molar-refractivity contribution >= 4 is 11.6 Å². The summed E-state index contributed by atoms with van der Waals surface area (Å²) in [6.45, 7) is 1.21. The molecule has 3 rings (SSSR count). The molecule has 0 aliphatic rings. The Kier molecular flexibility index (Phi) is 6.02. The van der Waals surface area contributed by atoms with E-state index in [0.717, 1.165) is 35.1 Å². The van der Waals surface area contributed by atoms with Crippen LogP contribution in [-0.2, 0) is 6.54 Å². The largest absolute Gasteiger partial charge is 0.418 e. The average molecular weight is 444 g/mol. The van der Waals surface area contributed by atoms with Crippen molar-refractivity contribution in [3.63, 3.8) is 0 Å². The number of alkyl halides is 3. The molecule has 0 amide bonds. The lowest BCUT2D eigenvalue weighted by molar-refractivity contribution is -0.206. The highest BCUT2D eigenvalue weighted by Crippen LogP contribution is 2.34. The fourth-order valence-corrected chi connectivity index (χ4v) is 2.70. The van der Waals surface area contributed by atoms with Gasteiger partial charge in [-0.3, -0.25) is 4.79 Å². The van der Waals surface area contributed by atoms with E-state index in [2.05, 4.69) is 15.4 Å². The number of nitrogens with zero attached hydrogens (tertiary/aromatic N) is 3. The maximum absolute atomic E-state index is 13.5. The van der Waals surface area contributed by atoms with Gasteiger partial charge in [0.25, 0.3) is 5.56 Å². The van der Waals surface area contributed by atoms with Crippen molar-refractivity contribution in [2.45, 2.75) is 25.7 Å². The van der Waals surface area contributed by atoms with Crippen LogP contribution in [0.3, 0.4) is 0 Å². The number of aryl methyl sites for hydroxylation is 1. The van der Waals surface area contributed by atoms with E-state index in [1.165, 1.54) is 6.07 Å². The van der Waals surface area contributed by atoms with Gasteiger partial charge >= 0.3 is 6.18 Å². The lowest BCUT2D eigenvalue weighted by atomic mass is 10.1. The molecule has 1 atom stereocenters. The van der Waals surface area contributed by atoms with E-state index < -0.39 is 40.9 Å². The molecule has 2 aromatic carbocycles. The van der Waals surface area contributed by atoms with Gasteiger partial charge in [-0.25, -0.2) is 17.9 Å². The zero-order chi connectivity index (χ0) is 22.9. The molecule has 0 aliphatic carbocycles. The zero-order valence-corrected chi connectivity index (χ0v) is 15.7. The standard InChI is InChI=1S/C19H14F6N4O2/c1-9-2-3-11(17(31)19(23,24)25)6-14(9)27-18-28-15(30)7-26-29(18)8-10-4-12(20)16(22)13(21)5-10/h2-7,17,31H,8H2,1H3,(H,27,28,30). The Bertz CT molecular complexity index is 1160. The second-order valence-electron chi connectivity index (χ2n) is 6.59. The number of rotatable bonds is 5. The van der Waals surface area contributed by atoms with Crippen molar-refractivity contribution in [2.75, 3.05) is 5.32 Å². The van der Waals surface area contributed by atoms with Crippen molar-refractivity contribution in [1.82, 2.24) is 14.8 Å². The van der Waals surface area contributed by atoms with Gasteiger partial charge in [0.2, 0.25) is 5.95 Å². The van der Waals surface area contributed by atoms with Crippen LogP contribution >= 0.6 is 0 Å². The van der Waals surface area contributed by atoms with Gasteiger partial charge in [-0.1, -0.05) is 12.1 Å². The number of halogens is 6. The summed E-state index contributed by atoms with van der Waals surface area (Å²) in [7, 11) is 0. The zero-order valence-electron chi connectivity index (χ0n) is 15.7. The average Bonchev–Trinajstić information content (AvgIpc) is 2.68. The predicted octanol–water partition coefficient (Wildman–Crippen LogP) is 3.75. The maximum Gasteiger partial charge on any atom is 0.418 e. The lowest BCUT2D eigenvalue weighted by Gasteiger charge is -2.18. The normalized spacial score (nSPS) is 12.6. The molecule has 1 unspecified atom stereocenters. The third kappa shape index (κ3) is 5.02. The summed E-state index contributed by atoms with van der Waals surface area (Å²) in [4.78, 5) is 15.3. The van der Waals surface area contributed by atoms with Crippen LogP contribution in [0.5, 0.6) is 0 Å². The van der Waals surface area contributed by atoms with Crippen molar-refractivity contribution in [3.05, 3.63) is 81.0 Å². The summed E-state index contributed by atoms with van der Waals surface area (Å²) < 4.78 is 79.6. The van der Waals surface area contributed by atoms with Gasteiger partial charge in [0, 0.05) is 5.69 Å². The molecule has 0 radical (unpaired) electrons. The number of hydrogen-bond donors (Lipinski definition) is 2. The maximum atomic E-state index is 13.5. The van der Waals surface area contributed by atoms with Crippen LogP contribution in [0.15, 0.2) is 41.3 Å². The number of hydrogen-bond acceptors (Lipinski definition) is 5. The minimum absolute atomic E-state index is 0.0460. The number of aliphatic hydroxyl groups is 1. The SMILES string of the molecule is Cc1ccc(C(O)C(F)(F)F)cc1Nc1nc(=O)cnn1Cc1cc(F)c(F)c(F)c1. The second-order valence-corrected chi connectivity index (χ2v) is 6.59. The van der Waals surface area contributed by atoms with E-state index in [-0.39, 0.29) is 23.7 Å². The van der Waals surface area contributed by atoms with E-state index in [0.29, 0.717) is 5.56 Å². The molecule has 3 aromatic rings. The van der Waals surface area contributed by atoms with Gasteiger partial charge in [0.15, 0.2) is 23.6 Å². The molecule has 0 aliphatic heterocycles. The number of benzene rings is 2. The number of aromatic nitrogens is 3. The molecule has 1 heterocycles. The van der Waals surface area contributed by atoms with Crippen LogP contribution in [-0.4, -0.2) is 26.0 Å². The first-order valence-corrected chi connectivity index (χ1v) is 8.65. The summed E-state index contributed by atoms with van der Waals surface area (Å²) in [6.07, 6.45) is -6.81. The Labute approximate surface area is 170 Å². The Morgan fingerprint density at radius 3 is 2.39 bits per heavy atom. The van der Waals surface area contributed by atoms with E-state index >= 15 is 0 Å². The molecule has 0 saturated carbocycles. The first-order chi connectivity index (χ1) is 14.5. The number of anilines is 2. The summed E-state index contributed by atoms with van der Waals surface area (Å²) in [5.41, 5.74) is -0.775. The van der Waals surface area contributed by atoms with Crippen LogP contribution in [0.2, 0.25) is 0 Å². The van der Waals surface area contributed by atoms with E-state index in [4.69, 9.17) is 0 Å². The minimum atomic E-state index is -4.89. The third-order valence-corrected chi connectivity index (χ3v) is 4.28. The van der Waals surface area contributed by atoms with Crippen molar-refractivity contribution in [1.29, 1.82) is 0 Å². The monoisotopic (exact) mass is 444 g/mol. The second kappa shape index (κ2) is 8.38. The van der Waals surface area contributed by atoms with E-state index in [1.807, 2.05) is 0 Å². The molecule has 0 saturated heterocycles. The van der Waals surface area contributed by atoms with Gasteiger partial charge in [0.1, 0.15) is 6.20 Å². The molecule has 0 spiro atoms. The Morgan fingerprint density at radius 2 is 1.77 bits per heavy atom. The van der Waals surface area contributed by atoms with Gasteiger partial charge in [-0.2, -0.15) is 23.3 Å². The number of nitrogens with one attached hydrogen (secondary N) is 1. The smallest absolute Gasteiger partial charge is 0.379 e. The summed E-state index contributed by atoms with van der Waals surface area (Å²) in [6, 6.07) is 4.89. The lowest BCUT2D eigenvalue weighted by Crippen LogP contribution is -2.21. The summed E-state index contributed by atoms with van der Waals surface area (Å²) in [5, 5.41) is 15.9. The highest BCUT2D eigenvalue weighted by molar-refractivity contribution is 5.59. The topological polar surface area (TPSA) is 80.0 Å². The van der Waals surface area contributed by atoms with Crippen LogP contribution < -0.4 is 10.9 Å². The molecule has 0 fully saturated rings. The highest BCUT2D eigenvalue weighted by atomic mass is 19.4. The van der Waals surface area contributed by atoms with Gasteiger partial charge in [-0.05, 0) is 41.8 Å². The Morgan fingerprint density at radius 1 is 1.13 bits per heavy atom. The first-order valence-electron chi connectivity index (χ1n) is 8.65. The van der Waals surface area contributed by atoms with Crippen molar-refractivity contribution in [2.24, 2.45) is 0 Å². The molecule has 6 nitrogen and oxygen atoms in total. The molecule has 2 N–H and O–H groups in total. The van der Waals surface area contributed by atoms with Crippen molar-refractivity contribution < 1.29 is 31.4 Å². The fraction of sp³-hybridized carbons (Fsp3) is 0.211. The Balaban J connectivity index is 1.98. The van der Waals surface area contributed by atoms with Crippen molar-refractivity contribution in [3.8, 4) is 0 Å². The third-order valence-electron chi connectivity index (χ3n) is 4.28. The quantitative estimate of drug-likeness (QED) is 0.463. The van der Waals surface area contributed by atoms with Gasteiger partial charge in [-0.15, -0.1) is 0 Å². The first kappa shape index (κ1) is 22.3. The minimum Gasteiger partial charge on any atom is -0.379 e. The predicted molar refractivity (Wildman–Crippen MR) is 97.2 cm³/mol. The molecule has 31 heavy (non-hydrogen) atoms. The van der Waals surface area contributed by atoms with Crippen LogP contribution in [0.25, 0.3) is 0 Å². The fourth-order valence-electron chi connectivity index (χ4n) is 2.70. The number of aliphatic hydroxyl groups excluding tert-OH is 1.